The minimum atomic E-state index is -1.74. The van der Waals surface area contributed by atoms with Crippen molar-refractivity contribution in [2.75, 3.05) is 6.61 Å². The van der Waals surface area contributed by atoms with Gasteiger partial charge in [-0.1, -0.05) is 24.3 Å². The second-order valence-electron chi connectivity index (χ2n) is 9.79. The number of Topliss-reactive ketones (excluding diaryl/α,β-unsaturated/α-hetero) is 1. The van der Waals surface area contributed by atoms with E-state index in [0.717, 1.165) is 12.1 Å². The number of esters is 1. The summed E-state index contributed by atoms with van der Waals surface area (Å²) in [4.78, 5) is 25.3. The molecule has 3 aromatic carbocycles. The number of phenolic OH excluding ortho intramolecular Hbond substituents is 3. The molecule has 1 saturated heterocycles. The van der Waals surface area contributed by atoms with Crippen LogP contribution in [-0.4, -0.2) is 79.7 Å². The van der Waals surface area contributed by atoms with Gasteiger partial charge in [0.25, 0.3) is 0 Å². The van der Waals surface area contributed by atoms with E-state index in [4.69, 9.17) is 18.9 Å². The first-order valence-electron chi connectivity index (χ1n) is 13.0. The Morgan fingerprint density at radius 3 is 2.29 bits per heavy atom. The summed E-state index contributed by atoms with van der Waals surface area (Å²) >= 11 is 0. The molecular formula is C30H28O12. The fraction of sp³-hybridized carbons (Fsp3) is 0.267. The van der Waals surface area contributed by atoms with Crippen LogP contribution in [-0.2, 0) is 14.3 Å². The second-order valence-corrected chi connectivity index (χ2v) is 9.79. The maximum Gasteiger partial charge on any atom is 0.331 e. The van der Waals surface area contributed by atoms with E-state index in [0.29, 0.717) is 11.1 Å². The second kappa shape index (κ2) is 12.1. The van der Waals surface area contributed by atoms with Crippen LogP contribution in [0.4, 0.5) is 0 Å². The maximum atomic E-state index is 12.8. The van der Waals surface area contributed by atoms with Crippen LogP contribution >= 0.6 is 0 Å². The Bertz CT molecular complexity index is 1470. The molecule has 12 nitrogen and oxygen atoms in total. The Hall–Kier alpha value is -4.62. The fourth-order valence-electron chi connectivity index (χ4n) is 4.70. The number of benzene rings is 3. The zero-order valence-electron chi connectivity index (χ0n) is 21.9. The smallest absolute Gasteiger partial charge is 0.331 e. The molecule has 42 heavy (non-hydrogen) atoms. The minimum Gasteiger partial charge on any atom is -0.508 e. The number of hydrogen-bond donors (Lipinski definition) is 6. The van der Waals surface area contributed by atoms with Crippen LogP contribution in [0.3, 0.4) is 0 Å². The van der Waals surface area contributed by atoms with Gasteiger partial charge in [0, 0.05) is 18.2 Å². The SMILES string of the molecule is O=C(/C=C/c1ccc(O)cc1)O[C@H]1[C@H](O)[C@@H](Oc2cc(O)c3c(c2)OC(c2ccc(O)cc2)CC3=O)O[C@@H](CO)[C@@H]1O. The first kappa shape index (κ1) is 28.9. The molecule has 1 unspecified atom stereocenters. The number of aliphatic hydroxyl groups excluding tert-OH is 3. The zero-order valence-corrected chi connectivity index (χ0v) is 21.9. The highest BCUT2D eigenvalue weighted by Gasteiger charge is 2.48. The van der Waals surface area contributed by atoms with Gasteiger partial charge in [-0.2, -0.15) is 0 Å². The lowest BCUT2D eigenvalue weighted by Gasteiger charge is -2.41. The maximum absolute atomic E-state index is 12.8. The summed E-state index contributed by atoms with van der Waals surface area (Å²) in [6, 6.07) is 14.5. The number of hydrogen-bond acceptors (Lipinski definition) is 12. The number of phenols is 3. The summed E-state index contributed by atoms with van der Waals surface area (Å²) in [6.07, 6.45) is -6.09. The highest BCUT2D eigenvalue weighted by molar-refractivity contribution is 6.02. The third kappa shape index (κ3) is 6.16. The predicted molar refractivity (Wildman–Crippen MR) is 144 cm³/mol. The average Bonchev–Trinajstić information content (AvgIpc) is 2.96. The number of rotatable bonds is 7. The van der Waals surface area contributed by atoms with Gasteiger partial charge in [0.05, 0.1) is 13.0 Å². The Balaban J connectivity index is 1.33. The fourth-order valence-corrected chi connectivity index (χ4v) is 4.70. The zero-order chi connectivity index (χ0) is 30.0. The van der Waals surface area contributed by atoms with Crippen LogP contribution in [0.25, 0.3) is 6.08 Å². The number of fused-ring (bicyclic) bond motifs is 1. The first-order chi connectivity index (χ1) is 20.1. The molecule has 6 atom stereocenters. The van der Waals surface area contributed by atoms with Gasteiger partial charge in [0.1, 0.15) is 52.6 Å². The number of ketones is 1. The van der Waals surface area contributed by atoms with Crippen molar-refractivity contribution in [3.8, 4) is 28.7 Å². The lowest BCUT2D eigenvalue weighted by Crippen LogP contribution is -2.61. The molecule has 220 valence electrons. The Labute approximate surface area is 239 Å². The van der Waals surface area contributed by atoms with Crippen molar-refractivity contribution in [2.24, 2.45) is 0 Å². The van der Waals surface area contributed by atoms with Crippen LogP contribution in [0.2, 0.25) is 0 Å². The summed E-state index contributed by atoms with van der Waals surface area (Å²) in [7, 11) is 0. The number of carbonyl (C=O) groups is 2. The highest BCUT2D eigenvalue weighted by Crippen LogP contribution is 2.42. The molecule has 0 radical (unpaired) electrons. The first-order valence-corrected chi connectivity index (χ1v) is 13.0. The van der Waals surface area contributed by atoms with Crippen molar-refractivity contribution in [1.82, 2.24) is 0 Å². The predicted octanol–water partition coefficient (Wildman–Crippen LogP) is 1.95. The summed E-state index contributed by atoms with van der Waals surface area (Å²) in [5.41, 5.74) is 1.14. The molecule has 0 aliphatic carbocycles. The van der Waals surface area contributed by atoms with Gasteiger partial charge in [0.2, 0.25) is 6.29 Å². The number of ether oxygens (including phenoxy) is 4. The van der Waals surface area contributed by atoms with E-state index < -0.39 is 55.1 Å². The number of aliphatic hydroxyl groups is 3. The largest absolute Gasteiger partial charge is 0.508 e. The monoisotopic (exact) mass is 580 g/mol. The third-order valence-corrected chi connectivity index (χ3v) is 6.87. The van der Waals surface area contributed by atoms with Crippen LogP contribution < -0.4 is 9.47 Å². The van der Waals surface area contributed by atoms with Gasteiger partial charge in [-0.05, 0) is 41.5 Å². The highest BCUT2D eigenvalue weighted by atomic mass is 16.7. The van der Waals surface area contributed by atoms with E-state index in [-0.39, 0.29) is 40.8 Å². The molecule has 2 aliphatic rings. The molecule has 0 bridgehead atoms. The van der Waals surface area contributed by atoms with Crippen LogP contribution in [0.1, 0.15) is 34.0 Å². The van der Waals surface area contributed by atoms with Gasteiger partial charge >= 0.3 is 5.97 Å². The molecule has 12 heteroatoms. The average molecular weight is 581 g/mol. The minimum absolute atomic E-state index is 0.00529. The van der Waals surface area contributed by atoms with Gasteiger partial charge < -0.3 is 49.6 Å². The van der Waals surface area contributed by atoms with Gasteiger partial charge in [-0.25, -0.2) is 4.79 Å². The number of aromatic hydroxyl groups is 3. The molecule has 0 aromatic heterocycles. The van der Waals surface area contributed by atoms with Crippen molar-refractivity contribution >= 4 is 17.8 Å². The van der Waals surface area contributed by atoms with E-state index in [1.165, 1.54) is 36.4 Å². The lowest BCUT2D eigenvalue weighted by molar-refractivity contribution is -0.280. The summed E-state index contributed by atoms with van der Waals surface area (Å²) in [6.45, 7) is -0.702. The summed E-state index contributed by atoms with van der Waals surface area (Å²) in [5.74, 6) is -1.73. The van der Waals surface area contributed by atoms with E-state index in [2.05, 4.69) is 0 Å². The lowest BCUT2D eigenvalue weighted by atomic mass is 9.95. The van der Waals surface area contributed by atoms with Gasteiger partial charge in [0.15, 0.2) is 18.0 Å². The van der Waals surface area contributed by atoms with Gasteiger partial charge in [-0.15, -0.1) is 0 Å². The normalized spacial score (nSPS) is 25.5. The van der Waals surface area contributed by atoms with E-state index in [1.54, 1.807) is 24.3 Å². The molecule has 6 N–H and O–H groups in total. The van der Waals surface area contributed by atoms with Gasteiger partial charge in [-0.3, -0.25) is 4.79 Å². The Kier molecular flexibility index (Phi) is 8.31. The third-order valence-electron chi connectivity index (χ3n) is 6.87. The molecule has 0 amide bonds. The molecule has 0 saturated carbocycles. The molecule has 2 aliphatic heterocycles. The Morgan fingerprint density at radius 1 is 0.952 bits per heavy atom. The summed E-state index contributed by atoms with van der Waals surface area (Å²) < 4.78 is 22.5. The van der Waals surface area contributed by atoms with Crippen molar-refractivity contribution in [3.05, 3.63) is 83.4 Å². The van der Waals surface area contributed by atoms with E-state index in [9.17, 15) is 40.2 Å². The quantitative estimate of drug-likeness (QED) is 0.176. The van der Waals surface area contributed by atoms with E-state index >= 15 is 0 Å². The summed E-state index contributed by atoms with van der Waals surface area (Å²) in [5, 5.41) is 60.8. The van der Waals surface area contributed by atoms with Crippen molar-refractivity contribution in [2.45, 2.75) is 43.2 Å². The molecule has 0 spiro atoms. The number of carbonyl (C=O) groups excluding carboxylic acids is 2. The van der Waals surface area contributed by atoms with Crippen LogP contribution in [0.5, 0.6) is 28.7 Å². The molecule has 5 rings (SSSR count). The van der Waals surface area contributed by atoms with Crippen LogP contribution in [0, 0.1) is 0 Å². The Morgan fingerprint density at radius 2 is 1.62 bits per heavy atom. The molecule has 2 heterocycles. The molecule has 3 aromatic rings. The standard InChI is InChI=1S/C30H28O12/c31-14-24-27(37)29(42-25(36)10-3-15-1-6-17(32)7-2-15)28(38)30(41-24)39-19-11-20(34)26-21(35)13-22(40-23(26)12-19)16-4-8-18(33)9-5-16/h1-12,22,24,27-34,37-38H,13-14H2/b10-3+/t22?,24-,27-,28-,29+,30-/m0/s1. The molecular weight excluding hydrogens is 552 g/mol. The van der Waals surface area contributed by atoms with Crippen molar-refractivity contribution in [3.63, 3.8) is 0 Å². The molecule has 1 fully saturated rings. The van der Waals surface area contributed by atoms with Crippen LogP contribution in [0.15, 0.2) is 66.7 Å². The van der Waals surface area contributed by atoms with E-state index in [1.807, 2.05) is 0 Å². The van der Waals surface area contributed by atoms with Crippen molar-refractivity contribution in [1.29, 1.82) is 0 Å². The van der Waals surface area contributed by atoms with Crippen molar-refractivity contribution < 1.29 is 59.2 Å². The topological polar surface area (TPSA) is 192 Å².